The summed E-state index contributed by atoms with van der Waals surface area (Å²) < 4.78 is 31.9. The number of hydrogen-bond acceptors (Lipinski definition) is 3. The molecule has 0 aliphatic carbocycles. The van der Waals surface area contributed by atoms with Crippen molar-refractivity contribution in [2.24, 2.45) is 0 Å². The third-order valence-corrected chi connectivity index (χ3v) is 2.16. The van der Waals surface area contributed by atoms with Crippen LogP contribution in [0.3, 0.4) is 0 Å². The Bertz CT molecular complexity index is 520. The monoisotopic (exact) mass is 285 g/mol. The second-order valence-electron chi connectivity index (χ2n) is 3.73. The predicted octanol–water partition coefficient (Wildman–Crippen LogP) is 1.58. The lowest BCUT2D eigenvalue weighted by Crippen LogP contribution is -2.28. The number of aliphatic carboxylic acids is 1. The van der Waals surface area contributed by atoms with Crippen LogP contribution in [0.4, 0.5) is 8.78 Å². The second-order valence-corrected chi connectivity index (χ2v) is 3.73. The summed E-state index contributed by atoms with van der Waals surface area (Å²) in [6.45, 7) is 1.57. The van der Waals surface area contributed by atoms with Crippen LogP contribution in [0.25, 0.3) is 6.08 Å². The van der Waals surface area contributed by atoms with Gasteiger partial charge >= 0.3 is 5.97 Å². The van der Waals surface area contributed by atoms with Crippen LogP contribution < -0.4 is 10.1 Å². The van der Waals surface area contributed by atoms with E-state index in [2.05, 4.69) is 5.32 Å². The van der Waals surface area contributed by atoms with Crippen LogP contribution in [0.5, 0.6) is 5.75 Å². The smallest absolute Gasteiger partial charge is 0.328 e. The molecule has 0 radical (unpaired) electrons. The van der Waals surface area contributed by atoms with Gasteiger partial charge in [0.1, 0.15) is 0 Å². The van der Waals surface area contributed by atoms with Crippen LogP contribution in [0.2, 0.25) is 0 Å². The molecule has 0 heterocycles. The number of hydrogen-bond donors (Lipinski definition) is 2. The molecule has 20 heavy (non-hydrogen) atoms. The highest BCUT2D eigenvalue weighted by Crippen LogP contribution is 2.23. The molecule has 5 nitrogen and oxygen atoms in total. The Labute approximate surface area is 113 Å². The summed E-state index contributed by atoms with van der Waals surface area (Å²) in [6.07, 6.45) is 1.80. The number of carbonyl (C=O) groups is 2. The van der Waals surface area contributed by atoms with Crippen molar-refractivity contribution in [3.63, 3.8) is 0 Å². The average Bonchev–Trinajstić information content (AvgIpc) is 2.35. The van der Waals surface area contributed by atoms with Gasteiger partial charge in [0.2, 0.25) is 0 Å². The summed E-state index contributed by atoms with van der Waals surface area (Å²) in [6, 6.07) is 1.82. The molecule has 0 saturated heterocycles. The first-order valence-electron chi connectivity index (χ1n) is 5.73. The molecule has 1 aromatic rings. The van der Waals surface area contributed by atoms with Crippen molar-refractivity contribution in [1.29, 1.82) is 0 Å². The second kappa shape index (κ2) is 7.22. The zero-order valence-corrected chi connectivity index (χ0v) is 10.7. The lowest BCUT2D eigenvalue weighted by molar-refractivity contribution is -0.131. The number of carbonyl (C=O) groups excluding carboxylic acids is 1. The van der Waals surface area contributed by atoms with Crippen molar-refractivity contribution < 1.29 is 28.2 Å². The van der Waals surface area contributed by atoms with Gasteiger partial charge in [0.25, 0.3) is 5.91 Å². The molecular weight excluding hydrogens is 272 g/mol. The molecule has 2 N–H and O–H groups in total. The highest BCUT2D eigenvalue weighted by atomic mass is 19.1. The third kappa shape index (κ3) is 4.68. The Morgan fingerprint density at radius 3 is 2.45 bits per heavy atom. The molecule has 7 heteroatoms. The molecule has 1 amide bonds. The number of nitrogens with one attached hydrogen (secondary N) is 1. The molecule has 0 atom stereocenters. The molecule has 0 bridgehead atoms. The Kier molecular flexibility index (Phi) is 5.64. The Morgan fingerprint density at radius 1 is 1.35 bits per heavy atom. The summed E-state index contributed by atoms with van der Waals surface area (Å²) in [4.78, 5) is 21.4. The Balaban J connectivity index is 2.84. The van der Waals surface area contributed by atoms with E-state index in [9.17, 15) is 18.4 Å². The molecule has 0 aliphatic rings. The fourth-order valence-electron chi connectivity index (χ4n) is 1.37. The van der Waals surface area contributed by atoms with Crippen molar-refractivity contribution in [3.05, 3.63) is 35.4 Å². The maximum atomic E-state index is 13.6. The predicted molar refractivity (Wildman–Crippen MR) is 67.2 cm³/mol. The largest absolute Gasteiger partial charge is 0.478 e. The first kappa shape index (κ1) is 15.6. The SMILES string of the molecule is CCNC(=O)COc1c(F)cc(C=CC(=O)O)cc1F. The van der Waals surface area contributed by atoms with E-state index >= 15 is 0 Å². The molecule has 0 aromatic heterocycles. The van der Waals surface area contributed by atoms with Crippen molar-refractivity contribution in [2.45, 2.75) is 6.92 Å². The molecule has 0 saturated carbocycles. The normalized spacial score (nSPS) is 10.6. The number of amides is 1. The molecule has 0 aliphatic heterocycles. The quantitative estimate of drug-likeness (QED) is 0.778. The molecule has 1 rings (SSSR count). The highest BCUT2D eigenvalue weighted by Gasteiger charge is 2.13. The van der Waals surface area contributed by atoms with Crippen LogP contribution >= 0.6 is 0 Å². The van der Waals surface area contributed by atoms with E-state index in [-0.39, 0.29) is 5.56 Å². The summed E-state index contributed by atoms with van der Waals surface area (Å²) >= 11 is 0. The lowest BCUT2D eigenvalue weighted by atomic mass is 10.2. The van der Waals surface area contributed by atoms with Gasteiger partial charge in [-0.1, -0.05) is 0 Å². The van der Waals surface area contributed by atoms with Gasteiger partial charge < -0.3 is 15.2 Å². The van der Waals surface area contributed by atoms with Gasteiger partial charge in [-0.15, -0.1) is 0 Å². The first-order valence-corrected chi connectivity index (χ1v) is 5.73. The highest BCUT2D eigenvalue weighted by molar-refractivity contribution is 5.85. The van der Waals surface area contributed by atoms with E-state index in [4.69, 9.17) is 9.84 Å². The van der Waals surface area contributed by atoms with Crippen LogP contribution in [0.1, 0.15) is 12.5 Å². The maximum absolute atomic E-state index is 13.6. The van der Waals surface area contributed by atoms with Crippen LogP contribution in [-0.2, 0) is 9.59 Å². The zero-order valence-electron chi connectivity index (χ0n) is 10.7. The fourth-order valence-corrected chi connectivity index (χ4v) is 1.37. The van der Waals surface area contributed by atoms with Crippen molar-refractivity contribution in [3.8, 4) is 5.75 Å². The molecule has 0 spiro atoms. The summed E-state index contributed by atoms with van der Waals surface area (Å²) in [5, 5.41) is 10.8. The Hall–Kier alpha value is -2.44. The van der Waals surface area contributed by atoms with Crippen LogP contribution in [0.15, 0.2) is 18.2 Å². The van der Waals surface area contributed by atoms with Gasteiger partial charge in [0, 0.05) is 12.6 Å². The number of carboxylic acids is 1. The van der Waals surface area contributed by atoms with Gasteiger partial charge in [0.05, 0.1) is 0 Å². The molecule has 108 valence electrons. The van der Waals surface area contributed by atoms with Crippen molar-refractivity contribution in [1.82, 2.24) is 5.32 Å². The molecular formula is C13H13F2NO4. The van der Waals surface area contributed by atoms with Gasteiger partial charge in [-0.05, 0) is 30.7 Å². The van der Waals surface area contributed by atoms with E-state index in [1.54, 1.807) is 6.92 Å². The van der Waals surface area contributed by atoms with Gasteiger partial charge in [-0.2, -0.15) is 0 Å². The van der Waals surface area contributed by atoms with E-state index in [0.29, 0.717) is 6.54 Å². The third-order valence-electron chi connectivity index (χ3n) is 2.16. The van der Waals surface area contributed by atoms with Crippen LogP contribution in [-0.4, -0.2) is 30.1 Å². The van der Waals surface area contributed by atoms with Gasteiger partial charge in [0.15, 0.2) is 24.0 Å². The topological polar surface area (TPSA) is 75.6 Å². The van der Waals surface area contributed by atoms with Gasteiger partial charge in [-0.25, -0.2) is 13.6 Å². The number of rotatable bonds is 6. The minimum Gasteiger partial charge on any atom is -0.478 e. The van der Waals surface area contributed by atoms with Crippen molar-refractivity contribution >= 4 is 18.0 Å². The van der Waals surface area contributed by atoms with E-state index in [1.165, 1.54) is 0 Å². The summed E-state index contributed by atoms with van der Waals surface area (Å²) in [7, 11) is 0. The van der Waals surface area contributed by atoms with Crippen molar-refractivity contribution in [2.75, 3.05) is 13.2 Å². The minimum atomic E-state index is -1.23. The lowest BCUT2D eigenvalue weighted by Gasteiger charge is -2.08. The first-order chi connectivity index (χ1) is 9.43. The summed E-state index contributed by atoms with van der Waals surface area (Å²) in [5.74, 6) is -4.44. The van der Waals surface area contributed by atoms with Gasteiger partial charge in [-0.3, -0.25) is 4.79 Å². The fraction of sp³-hybridized carbons (Fsp3) is 0.231. The van der Waals surface area contributed by atoms with E-state index in [1.807, 2.05) is 0 Å². The molecule has 1 aromatic carbocycles. The maximum Gasteiger partial charge on any atom is 0.328 e. The number of benzene rings is 1. The van der Waals surface area contributed by atoms with Crippen LogP contribution in [0, 0.1) is 11.6 Å². The van der Waals surface area contributed by atoms with E-state index in [0.717, 1.165) is 24.3 Å². The molecule has 0 unspecified atom stereocenters. The number of carboxylic acid groups (broad SMARTS) is 1. The Morgan fingerprint density at radius 2 is 1.95 bits per heavy atom. The van der Waals surface area contributed by atoms with E-state index < -0.39 is 35.9 Å². The summed E-state index contributed by atoms with van der Waals surface area (Å²) in [5.41, 5.74) is 0.0350. The standard InChI is InChI=1S/C13H13F2NO4/c1-2-16-11(17)7-20-13-9(14)5-8(6-10(13)15)3-4-12(18)19/h3-6H,2,7H2,1H3,(H,16,17)(H,18,19). The number of halogens is 2. The average molecular weight is 285 g/mol. The zero-order chi connectivity index (χ0) is 15.1. The number of ether oxygens (including phenoxy) is 1. The number of likely N-dealkylation sites (N-methyl/N-ethyl adjacent to an activating group) is 1. The minimum absolute atomic E-state index is 0.0350. The molecule has 0 fully saturated rings.